The monoisotopic (exact) mass is 413 g/mol. The third-order valence-electron chi connectivity index (χ3n) is 6.71. The molecule has 2 saturated carbocycles. The van der Waals surface area contributed by atoms with Gasteiger partial charge in [0.15, 0.2) is 0 Å². The molecule has 0 N–H and O–H groups in total. The van der Waals surface area contributed by atoms with Crippen LogP contribution in [0.15, 0.2) is 42.6 Å². The number of aromatic nitrogens is 1. The van der Waals surface area contributed by atoms with Crippen LogP contribution in [0, 0.1) is 17.2 Å². The van der Waals surface area contributed by atoms with E-state index in [0.717, 1.165) is 52.2 Å². The normalized spacial score (nSPS) is 26.6. The number of fused-ring (bicyclic) bond motifs is 1. The number of carbonyl (C=O) groups is 1. The number of hydrogen-bond donors (Lipinski definition) is 0. The number of pyridine rings is 1. The summed E-state index contributed by atoms with van der Waals surface area (Å²) in [6.45, 7) is 0. The smallest absolute Gasteiger partial charge is 0.141 e. The van der Waals surface area contributed by atoms with Crippen LogP contribution in [-0.2, 0) is 11.2 Å². The summed E-state index contributed by atoms with van der Waals surface area (Å²) in [6, 6.07) is 10.7. The van der Waals surface area contributed by atoms with Crippen LogP contribution >= 0.6 is 22.9 Å². The second-order valence-electron chi connectivity index (χ2n) is 8.30. The highest BCUT2D eigenvalue weighted by Crippen LogP contribution is 2.63. The van der Waals surface area contributed by atoms with Crippen LogP contribution in [0.1, 0.15) is 48.5 Å². The Balaban J connectivity index is 1.27. The summed E-state index contributed by atoms with van der Waals surface area (Å²) in [5.74, 6) is 0.787. The van der Waals surface area contributed by atoms with Crippen LogP contribution in [-0.4, -0.2) is 10.8 Å². The molecule has 3 aromatic rings. The lowest BCUT2D eigenvalue weighted by molar-refractivity contribution is -0.120. The van der Waals surface area contributed by atoms with Crippen LogP contribution < -0.4 is 0 Å². The highest BCUT2D eigenvalue weighted by atomic mass is 35.5. The van der Waals surface area contributed by atoms with Gasteiger partial charge in [-0.05, 0) is 85.4 Å². The van der Waals surface area contributed by atoms with Crippen molar-refractivity contribution in [2.75, 3.05) is 0 Å². The molecule has 1 atom stereocenters. The van der Waals surface area contributed by atoms with E-state index < -0.39 is 0 Å². The fourth-order valence-corrected chi connectivity index (χ4v) is 6.19. The summed E-state index contributed by atoms with van der Waals surface area (Å²) in [5, 5.41) is 0.932. The number of halogens is 2. The molecule has 5 heteroatoms. The average Bonchev–Trinajstić information content (AvgIpc) is 3.24. The van der Waals surface area contributed by atoms with Crippen molar-refractivity contribution in [2.24, 2.45) is 11.3 Å². The summed E-state index contributed by atoms with van der Waals surface area (Å²) in [6.07, 6.45) is 7.66. The number of carbonyl (C=O) groups excluding carboxylic acids is 1. The first-order valence-electron chi connectivity index (χ1n) is 9.85. The van der Waals surface area contributed by atoms with Crippen molar-refractivity contribution in [1.29, 1.82) is 0 Å². The molecule has 0 radical (unpaired) electrons. The predicted octanol–water partition coefficient (Wildman–Crippen LogP) is 6.56. The number of nitrogens with zero attached hydrogens (tertiary/aromatic N) is 1. The van der Waals surface area contributed by atoms with E-state index in [1.807, 2.05) is 24.4 Å². The molecule has 0 bridgehead atoms. The zero-order chi connectivity index (χ0) is 19.3. The second kappa shape index (κ2) is 6.93. The SMILES string of the molecule is O=C(Cc1ccc(Cl)s1)C1CC12CCC(c1ccnc3ccc(F)cc13)CC2. The standard InChI is InChI=1S/C23H21ClFNOS/c24-22-4-2-16(28-22)12-21(27)19-13-23(19)8-5-14(6-9-23)17-7-10-26-20-3-1-15(25)11-18(17)20/h1-4,7,10-11,14,19H,5-6,8-9,12-13H2. The minimum Gasteiger partial charge on any atom is -0.299 e. The molecule has 5 rings (SSSR count). The molecule has 2 fully saturated rings. The molecule has 2 heterocycles. The van der Waals surface area contributed by atoms with Gasteiger partial charge in [-0.25, -0.2) is 4.39 Å². The Labute approximate surface area is 172 Å². The fourth-order valence-electron chi connectivity index (χ4n) is 5.10. The van der Waals surface area contributed by atoms with Crippen molar-refractivity contribution in [3.05, 3.63) is 63.2 Å². The first-order valence-corrected chi connectivity index (χ1v) is 11.0. The highest BCUT2D eigenvalue weighted by Gasteiger charge is 2.57. The number of ketones is 1. The lowest BCUT2D eigenvalue weighted by Gasteiger charge is -2.30. The first-order chi connectivity index (χ1) is 13.5. The van der Waals surface area contributed by atoms with Crippen LogP contribution in [0.3, 0.4) is 0 Å². The van der Waals surface area contributed by atoms with E-state index in [-0.39, 0.29) is 17.2 Å². The predicted molar refractivity (Wildman–Crippen MR) is 111 cm³/mol. The summed E-state index contributed by atoms with van der Waals surface area (Å²) >= 11 is 7.49. The van der Waals surface area contributed by atoms with Gasteiger partial charge in [0, 0.05) is 28.8 Å². The largest absolute Gasteiger partial charge is 0.299 e. The third-order valence-corrected chi connectivity index (χ3v) is 7.95. The molecule has 28 heavy (non-hydrogen) atoms. The van der Waals surface area contributed by atoms with Crippen LogP contribution in [0.4, 0.5) is 4.39 Å². The van der Waals surface area contributed by atoms with Gasteiger partial charge in [-0.3, -0.25) is 9.78 Å². The van der Waals surface area contributed by atoms with Crippen molar-refractivity contribution >= 4 is 39.6 Å². The number of hydrogen-bond acceptors (Lipinski definition) is 3. The Morgan fingerprint density at radius 1 is 1.21 bits per heavy atom. The Bertz CT molecular complexity index is 1050. The Kier molecular flexibility index (Phi) is 4.52. The molecule has 2 aliphatic rings. The van der Waals surface area contributed by atoms with E-state index in [1.54, 1.807) is 12.1 Å². The number of Topliss-reactive ketones (excluding diaryl/α,β-unsaturated/α-hetero) is 1. The lowest BCUT2D eigenvalue weighted by atomic mass is 9.74. The van der Waals surface area contributed by atoms with Crippen molar-refractivity contribution in [1.82, 2.24) is 4.98 Å². The molecule has 2 aromatic heterocycles. The van der Waals surface area contributed by atoms with Gasteiger partial charge in [0.05, 0.1) is 9.85 Å². The first kappa shape index (κ1) is 18.3. The molecule has 2 nitrogen and oxygen atoms in total. The minimum atomic E-state index is -0.212. The summed E-state index contributed by atoms with van der Waals surface area (Å²) in [5.41, 5.74) is 2.27. The van der Waals surface area contributed by atoms with Crippen LogP contribution in [0.5, 0.6) is 0 Å². The lowest BCUT2D eigenvalue weighted by Crippen LogP contribution is -2.19. The quantitative estimate of drug-likeness (QED) is 0.484. The van der Waals surface area contributed by atoms with Crippen molar-refractivity contribution in [3.63, 3.8) is 0 Å². The number of thiophene rings is 1. The molecule has 0 saturated heterocycles. The molecular formula is C23H21ClFNOS. The van der Waals surface area contributed by atoms with Crippen molar-refractivity contribution in [3.8, 4) is 0 Å². The minimum absolute atomic E-state index is 0.209. The van der Waals surface area contributed by atoms with Gasteiger partial charge in [-0.15, -0.1) is 11.3 Å². The molecular weight excluding hydrogens is 393 g/mol. The van der Waals surface area contributed by atoms with E-state index in [4.69, 9.17) is 11.6 Å². The van der Waals surface area contributed by atoms with E-state index in [0.29, 0.717) is 18.1 Å². The van der Waals surface area contributed by atoms with Gasteiger partial charge < -0.3 is 0 Å². The van der Waals surface area contributed by atoms with Gasteiger partial charge in [-0.2, -0.15) is 0 Å². The maximum absolute atomic E-state index is 13.8. The zero-order valence-corrected chi connectivity index (χ0v) is 17.0. The highest BCUT2D eigenvalue weighted by molar-refractivity contribution is 7.16. The topological polar surface area (TPSA) is 30.0 Å². The molecule has 144 valence electrons. The number of rotatable bonds is 4. The van der Waals surface area contributed by atoms with Crippen LogP contribution in [0.25, 0.3) is 10.9 Å². The fraction of sp³-hybridized carbons (Fsp3) is 0.391. The molecule has 0 amide bonds. The van der Waals surface area contributed by atoms with Crippen LogP contribution in [0.2, 0.25) is 4.34 Å². The molecule has 2 aliphatic carbocycles. The Morgan fingerprint density at radius 2 is 2.04 bits per heavy atom. The molecule has 1 spiro atoms. The summed E-state index contributed by atoms with van der Waals surface area (Å²) < 4.78 is 14.5. The molecule has 1 aromatic carbocycles. The Hall–Kier alpha value is -1.78. The number of benzene rings is 1. The van der Waals surface area contributed by atoms with Gasteiger partial charge in [0.2, 0.25) is 0 Å². The van der Waals surface area contributed by atoms with E-state index in [2.05, 4.69) is 4.98 Å². The van der Waals surface area contributed by atoms with Gasteiger partial charge >= 0.3 is 0 Å². The van der Waals surface area contributed by atoms with Gasteiger partial charge in [0.1, 0.15) is 11.6 Å². The van der Waals surface area contributed by atoms with Crippen molar-refractivity contribution < 1.29 is 9.18 Å². The van der Waals surface area contributed by atoms with Crippen molar-refractivity contribution in [2.45, 2.75) is 44.4 Å². The van der Waals surface area contributed by atoms with Gasteiger partial charge in [0.25, 0.3) is 0 Å². The second-order valence-corrected chi connectivity index (χ2v) is 10.1. The molecule has 1 unspecified atom stereocenters. The van der Waals surface area contributed by atoms with E-state index >= 15 is 0 Å². The summed E-state index contributed by atoms with van der Waals surface area (Å²) in [7, 11) is 0. The maximum atomic E-state index is 13.8. The third kappa shape index (κ3) is 3.27. The Morgan fingerprint density at radius 3 is 2.79 bits per heavy atom. The van der Waals surface area contributed by atoms with E-state index in [9.17, 15) is 9.18 Å². The van der Waals surface area contributed by atoms with Gasteiger partial charge in [-0.1, -0.05) is 11.6 Å². The van der Waals surface area contributed by atoms with E-state index in [1.165, 1.54) is 23.0 Å². The summed E-state index contributed by atoms with van der Waals surface area (Å²) in [4.78, 5) is 18.2. The maximum Gasteiger partial charge on any atom is 0.141 e. The zero-order valence-electron chi connectivity index (χ0n) is 15.5. The molecule has 0 aliphatic heterocycles. The average molecular weight is 414 g/mol.